The Morgan fingerprint density at radius 1 is 0.365 bits per heavy atom. The van der Waals surface area contributed by atoms with Crippen LogP contribution in [0.1, 0.15) is 335 Å². The summed E-state index contributed by atoms with van der Waals surface area (Å²) < 4.78 is 22.7. The van der Waals surface area contributed by atoms with Crippen LogP contribution >= 0.6 is 0 Å². The third kappa shape index (κ3) is 68.1. The van der Waals surface area contributed by atoms with Crippen LogP contribution in [0.4, 0.5) is 0 Å². The van der Waals surface area contributed by atoms with E-state index in [0.717, 1.165) is 70.6 Å². The molecule has 0 bridgehead atoms. The molecule has 2 unspecified atom stereocenters. The van der Waals surface area contributed by atoms with Gasteiger partial charge in [0.05, 0.1) is 40.3 Å². The molecule has 0 saturated carbocycles. The molecule has 0 rings (SSSR count). The molecule has 9 nitrogen and oxygen atoms in total. The molecule has 0 aromatic heterocycles. The van der Waals surface area contributed by atoms with Crippen molar-refractivity contribution in [2.75, 3.05) is 47.5 Å². The quantitative estimate of drug-likeness (QED) is 0.0195. The molecule has 85 heavy (non-hydrogen) atoms. The van der Waals surface area contributed by atoms with Crippen LogP contribution in [0.3, 0.4) is 0 Å². The van der Waals surface area contributed by atoms with E-state index in [-0.39, 0.29) is 38.6 Å². The number of carbonyl (C=O) groups excluding carboxylic acids is 3. The van der Waals surface area contributed by atoms with Crippen molar-refractivity contribution in [3.63, 3.8) is 0 Å². The zero-order valence-electron chi connectivity index (χ0n) is 56.5. The standard InChI is InChI=1S/C76H137NO8/c1-6-8-10-12-14-16-18-20-22-24-26-27-28-29-30-31-32-33-34-35-36-37-38-39-40-41-42-43-44-45-46-47-49-50-52-54-56-58-60-62-64-66-73(78)83-70-72(71-84-76(75(80)81)82-69-68-77(3,4)5)85-74(79)67-65-63-61-59-57-55-53-51-48-25-23-21-19-17-15-13-11-9-7-2/h9,11,15,17,21,23-24,26,48,51,55,57,72,76H,6-8,10,12-14,16,18-20,22,25,27-47,49-50,52-54,56,58-71H2,1-5H3/b11-9-,17-15-,23-21-,26-24-,51-48-,57-55-. The van der Waals surface area contributed by atoms with Gasteiger partial charge in [-0.1, -0.05) is 311 Å². The van der Waals surface area contributed by atoms with Gasteiger partial charge in [-0.15, -0.1) is 0 Å². The van der Waals surface area contributed by atoms with Crippen LogP contribution in [0.5, 0.6) is 0 Å². The highest BCUT2D eigenvalue weighted by molar-refractivity contribution is 5.70. The Bertz CT molecular complexity index is 1620. The number of nitrogens with zero attached hydrogens (tertiary/aromatic N) is 1. The van der Waals surface area contributed by atoms with E-state index < -0.39 is 24.3 Å². The number of likely N-dealkylation sites (N-methyl/N-ethyl adjacent to an activating group) is 1. The molecule has 0 heterocycles. The number of carboxylic acid groups (broad SMARTS) is 1. The third-order valence-corrected chi connectivity index (χ3v) is 15.9. The first kappa shape index (κ1) is 81.7. The fourth-order valence-electron chi connectivity index (χ4n) is 10.4. The van der Waals surface area contributed by atoms with Gasteiger partial charge in [-0.05, 0) is 83.5 Å². The minimum atomic E-state index is -1.63. The van der Waals surface area contributed by atoms with Crippen LogP contribution in [0.2, 0.25) is 0 Å². The first-order valence-electron chi connectivity index (χ1n) is 36.1. The number of carbonyl (C=O) groups is 3. The summed E-state index contributed by atoms with van der Waals surface area (Å²) in [6, 6.07) is 0. The molecule has 0 aliphatic heterocycles. The highest BCUT2D eigenvalue weighted by atomic mass is 16.7. The van der Waals surface area contributed by atoms with Crippen LogP contribution in [0.15, 0.2) is 72.9 Å². The van der Waals surface area contributed by atoms with Gasteiger partial charge in [-0.2, -0.15) is 0 Å². The normalized spacial score (nSPS) is 13.1. The molecule has 0 spiro atoms. The minimum Gasteiger partial charge on any atom is -0.545 e. The fraction of sp³-hybridized carbons (Fsp3) is 0.803. The van der Waals surface area contributed by atoms with Crippen molar-refractivity contribution in [2.45, 2.75) is 347 Å². The number of carboxylic acids is 1. The number of ether oxygens (including phenoxy) is 4. The number of allylic oxidation sites excluding steroid dienone is 12. The van der Waals surface area contributed by atoms with Crippen LogP contribution in [0.25, 0.3) is 0 Å². The predicted octanol–water partition coefficient (Wildman–Crippen LogP) is 21.1. The summed E-state index contributed by atoms with van der Waals surface area (Å²) in [7, 11) is 5.92. The van der Waals surface area contributed by atoms with Crippen molar-refractivity contribution in [3.05, 3.63) is 72.9 Å². The van der Waals surface area contributed by atoms with Gasteiger partial charge in [0.15, 0.2) is 12.4 Å². The number of unbranched alkanes of at least 4 members (excludes halogenated alkanes) is 40. The first-order valence-corrected chi connectivity index (χ1v) is 36.1. The van der Waals surface area contributed by atoms with Crippen molar-refractivity contribution < 1.29 is 42.9 Å². The second kappa shape index (κ2) is 66.7. The molecule has 0 aliphatic rings. The zero-order chi connectivity index (χ0) is 61.9. The topological polar surface area (TPSA) is 111 Å². The smallest absolute Gasteiger partial charge is 0.306 e. The van der Waals surface area contributed by atoms with E-state index in [0.29, 0.717) is 17.4 Å². The molecule has 0 amide bonds. The van der Waals surface area contributed by atoms with Gasteiger partial charge in [0, 0.05) is 12.8 Å². The van der Waals surface area contributed by atoms with E-state index in [2.05, 4.69) is 86.8 Å². The maximum absolute atomic E-state index is 12.9. The number of quaternary nitrogens is 1. The van der Waals surface area contributed by atoms with Gasteiger partial charge < -0.3 is 33.3 Å². The summed E-state index contributed by atoms with van der Waals surface area (Å²) in [4.78, 5) is 37.4. The largest absolute Gasteiger partial charge is 0.545 e. The van der Waals surface area contributed by atoms with Crippen LogP contribution in [-0.2, 0) is 33.3 Å². The molecule has 0 aliphatic carbocycles. The molecule has 0 fully saturated rings. The monoisotopic (exact) mass is 1190 g/mol. The van der Waals surface area contributed by atoms with Gasteiger partial charge in [-0.3, -0.25) is 9.59 Å². The second-order valence-corrected chi connectivity index (χ2v) is 25.5. The van der Waals surface area contributed by atoms with Gasteiger partial charge in [-0.25, -0.2) is 0 Å². The van der Waals surface area contributed by atoms with Gasteiger partial charge in [0.25, 0.3) is 0 Å². The van der Waals surface area contributed by atoms with E-state index in [1.165, 1.54) is 231 Å². The van der Waals surface area contributed by atoms with E-state index in [1.807, 2.05) is 21.1 Å². The van der Waals surface area contributed by atoms with Crippen molar-refractivity contribution >= 4 is 17.9 Å². The maximum Gasteiger partial charge on any atom is 0.306 e. The lowest BCUT2D eigenvalue weighted by atomic mass is 10.0. The van der Waals surface area contributed by atoms with Gasteiger partial charge >= 0.3 is 11.9 Å². The number of aliphatic carboxylic acids is 1. The number of esters is 2. The number of rotatable bonds is 67. The van der Waals surface area contributed by atoms with Crippen molar-refractivity contribution in [1.82, 2.24) is 0 Å². The molecule has 0 aromatic rings. The first-order chi connectivity index (χ1) is 41.6. The summed E-state index contributed by atoms with van der Waals surface area (Å²) in [5, 5.41) is 11.8. The SMILES string of the molecule is CC/C=C\C/C=C\C/C=C\C/C=C\C/C=C\CCCCCC(=O)OC(COC(=O)CCCCCCCCCCCCCCCCCCCCCCCCCCCCCCC/C=C\CCCCCCCCCC)COC(OCC[N+](C)(C)C)C(=O)[O-]. The van der Waals surface area contributed by atoms with E-state index in [1.54, 1.807) is 0 Å². The third-order valence-electron chi connectivity index (χ3n) is 15.9. The van der Waals surface area contributed by atoms with E-state index in [4.69, 9.17) is 18.9 Å². The molecule has 494 valence electrons. The average Bonchev–Trinajstić information content (AvgIpc) is 3.48. The molecule has 2 atom stereocenters. The molecular formula is C76H137NO8. The minimum absolute atomic E-state index is 0.139. The highest BCUT2D eigenvalue weighted by Gasteiger charge is 2.22. The fourth-order valence-corrected chi connectivity index (χ4v) is 10.4. The Labute approximate surface area is 526 Å². The molecule has 0 aromatic carbocycles. The lowest BCUT2D eigenvalue weighted by Gasteiger charge is -2.26. The summed E-state index contributed by atoms with van der Waals surface area (Å²) in [5.41, 5.74) is 0. The van der Waals surface area contributed by atoms with E-state index in [9.17, 15) is 19.5 Å². The van der Waals surface area contributed by atoms with Crippen LogP contribution in [0, 0.1) is 0 Å². The lowest BCUT2D eigenvalue weighted by Crippen LogP contribution is -2.44. The predicted molar refractivity (Wildman–Crippen MR) is 361 cm³/mol. The average molecular weight is 1190 g/mol. The Kier molecular flexibility index (Phi) is 64.1. The Balaban J connectivity index is 3.95. The zero-order valence-corrected chi connectivity index (χ0v) is 56.5. The van der Waals surface area contributed by atoms with Crippen LogP contribution < -0.4 is 5.11 Å². The molecule has 9 heteroatoms. The Morgan fingerprint density at radius 3 is 1.02 bits per heavy atom. The lowest BCUT2D eigenvalue weighted by molar-refractivity contribution is -0.870. The van der Waals surface area contributed by atoms with Gasteiger partial charge in [0.2, 0.25) is 0 Å². The van der Waals surface area contributed by atoms with Crippen molar-refractivity contribution in [3.8, 4) is 0 Å². The highest BCUT2D eigenvalue weighted by Crippen LogP contribution is 2.18. The van der Waals surface area contributed by atoms with E-state index >= 15 is 0 Å². The summed E-state index contributed by atoms with van der Waals surface area (Å²) in [6.45, 7) is 4.63. The number of hydrogen-bond donors (Lipinski definition) is 0. The molecular weight excluding hydrogens is 1050 g/mol. The summed E-state index contributed by atoms with van der Waals surface area (Å²) in [6.07, 6.45) is 86.0. The maximum atomic E-state index is 12.9. The van der Waals surface area contributed by atoms with Gasteiger partial charge in [0.1, 0.15) is 13.2 Å². The van der Waals surface area contributed by atoms with Crippen LogP contribution in [-0.4, -0.2) is 82.3 Å². The van der Waals surface area contributed by atoms with Crippen molar-refractivity contribution in [2.24, 2.45) is 0 Å². The Morgan fingerprint density at radius 2 is 0.671 bits per heavy atom. The van der Waals surface area contributed by atoms with Crippen molar-refractivity contribution in [1.29, 1.82) is 0 Å². The summed E-state index contributed by atoms with van der Waals surface area (Å²) >= 11 is 0. The summed E-state index contributed by atoms with van der Waals surface area (Å²) in [5.74, 6) is -2.32. The Hall–Kier alpha value is -3.27. The molecule has 0 radical (unpaired) electrons. The molecule has 0 N–H and O–H groups in total. The number of hydrogen-bond acceptors (Lipinski definition) is 8. The molecule has 0 saturated heterocycles. The second-order valence-electron chi connectivity index (χ2n) is 25.5.